The van der Waals surface area contributed by atoms with E-state index in [2.05, 4.69) is 4.74 Å². The molecule has 0 heterocycles. The molecule has 0 radical (unpaired) electrons. The molecule has 0 atom stereocenters. The zero-order valence-corrected chi connectivity index (χ0v) is 12.6. The Labute approximate surface area is 115 Å². The van der Waals surface area contributed by atoms with Gasteiger partial charge in [0.05, 0.1) is 18.9 Å². The summed E-state index contributed by atoms with van der Waals surface area (Å²) in [5.74, 6) is -0.322. The van der Waals surface area contributed by atoms with Gasteiger partial charge in [-0.1, -0.05) is 13.8 Å². The summed E-state index contributed by atoms with van der Waals surface area (Å²) in [5, 5.41) is 8.56. The summed E-state index contributed by atoms with van der Waals surface area (Å²) in [4.78, 5) is 10.9. The lowest BCUT2D eigenvalue weighted by Crippen LogP contribution is -2.36. The Kier molecular flexibility index (Phi) is 8.35. The smallest absolute Gasteiger partial charge is 0.305 e. The van der Waals surface area contributed by atoms with Gasteiger partial charge in [0.2, 0.25) is 10.0 Å². The van der Waals surface area contributed by atoms with Crippen LogP contribution in [0.15, 0.2) is 0 Å². The van der Waals surface area contributed by atoms with Gasteiger partial charge in [-0.2, -0.15) is 5.26 Å². The summed E-state index contributed by atoms with van der Waals surface area (Å²) >= 11 is 0. The molecule has 0 aliphatic rings. The van der Waals surface area contributed by atoms with Crippen molar-refractivity contribution in [2.75, 3.05) is 26.0 Å². The van der Waals surface area contributed by atoms with Crippen LogP contribution in [0.1, 0.15) is 33.1 Å². The third-order valence-corrected chi connectivity index (χ3v) is 4.37. The number of hydrogen-bond acceptors (Lipinski definition) is 5. The van der Waals surface area contributed by atoms with Gasteiger partial charge in [0, 0.05) is 25.9 Å². The first-order valence-electron chi connectivity index (χ1n) is 6.25. The molecule has 0 rings (SSSR count). The molecule has 0 aromatic carbocycles. The molecular weight excluding hydrogens is 268 g/mol. The van der Waals surface area contributed by atoms with Crippen LogP contribution in [0.25, 0.3) is 0 Å². The summed E-state index contributed by atoms with van der Waals surface area (Å²) in [6.45, 7) is 4.43. The molecule has 0 saturated carbocycles. The van der Waals surface area contributed by atoms with Crippen LogP contribution in [-0.4, -0.2) is 44.6 Å². The van der Waals surface area contributed by atoms with Crippen LogP contribution in [0.3, 0.4) is 0 Å². The number of carbonyl (C=O) groups excluding carboxylic acids is 1. The standard InChI is InChI=1S/C12H22N2O4S/c1-11(2)10-14(8-5-7-13)19(16,17)9-4-6-12(15)18-3/h11H,4-6,8-10H2,1-3H3. The number of sulfonamides is 1. The summed E-state index contributed by atoms with van der Waals surface area (Å²) < 4.78 is 30.0. The van der Waals surface area contributed by atoms with E-state index in [9.17, 15) is 13.2 Å². The van der Waals surface area contributed by atoms with Crippen LogP contribution in [0.2, 0.25) is 0 Å². The topological polar surface area (TPSA) is 87.5 Å². The van der Waals surface area contributed by atoms with Crippen LogP contribution in [0.4, 0.5) is 0 Å². The molecular formula is C12H22N2O4S. The lowest BCUT2D eigenvalue weighted by atomic mass is 10.2. The molecule has 0 aromatic rings. The second kappa shape index (κ2) is 8.88. The average Bonchev–Trinajstić information content (AvgIpc) is 2.33. The van der Waals surface area contributed by atoms with Crippen molar-refractivity contribution in [3.05, 3.63) is 0 Å². The van der Waals surface area contributed by atoms with Gasteiger partial charge < -0.3 is 4.74 Å². The third kappa shape index (κ3) is 7.80. The Hall–Kier alpha value is -1.13. The van der Waals surface area contributed by atoms with Crippen molar-refractivity contribution in [1.29, 1.82) is 5.26 Å². The van der Waals surface area contributed by atoms with E-state index in [0.717, 1.165) is 0 Å². The first-order valence-corrected chi connectivity index (χ1v) is 7.86. The van der Waals surface area contributed by atoms with Crippen molar-refractivity contribution in [3.8, 4) is 6.07 Å². The predicted octanol–water partition coefficient (Wildman–Crippen LogP) is 1.14. The normalized spacial score (nSPS) is 11.6. The van der Waals surface area contributed by atoms with E-state index in [1.165, 1.54) is 11.4 Å². The fourth-order valence-electron chi connectivity index (χ4n) is 1.56. The van der Waals surface area contributed by atoms with Gasteiger partial charge in [-0.05, 0) is 12.3 Å². The Balaban J connectivity index is 4.51. The maximum absolute atomic E-state index is 12.1. The molecule has 110 valence electrons. The van der Waals surface area contributed by atoms with E-state index >= 15 is 0 Å². The largest absolute Gasteiger partial charge is 0.469 e. The van der Waals surface area contributed by atoms with Gasteiger partial charge >= 0.3 is 5.97 Å². The minimum absolute atomic E-state index is 0.0868. The molecule has 0 saturated heterocycles. The predicted molar refractivity (Wildman–Crippen MR) is 71.7 cm³/mol. The lowest BCUT2D eigenvalue weighted by molar-refractivity contribution is -0.140. The summed E-state index contributed by atoms with van der Waals surface area (Å²) in [6.07, 6.45) is 0.489. The molecule has 0 aromatic heterocycles. The zero-order valence-electron chi connectivity index (χ0n) is 11.8. The second-order valence-corrected chi connectivity index (χ2v) is 6.74. The fraction of sp³-hybridized carbons (Fsp3) is 0.833. The number of methoxy groups -OCH3 is 1. The highest BCUT2D eigenvalue weighted by molar-refractivity contribution is 7.89. The first-order chi connectivity index (χ1) is 8.83. The third-order valence-electron chi connectivity index (χ3n) is 2.45. The minimum Gasteiger partial charge on any atom is -0.469 e. The van der Waals surface area contributed by atoms with Gasteiger partial charge in [0.25, 0.3) is 0 Å². The molecule has 0 spiro atoms. The van der Waals surface area contributed by atoms with Crippen molar-refractivity contribution in [2.45, 2.75) is 33.1 Å². The van der Waals surface area contributed by atoms with Crippen molar-refractivity contribution < 1.29 is 17.9 Å². The van der Waals surface area contributed by atoms with Gasteiger partial charge in [0.15, 0.2) is 0 Å². The number of hydrogen-bond donors (Lipinski definition) is 0. The van der Waals surface area contributed by atoms with Crippen LogP contribution < -0.4 is 0 Å². The molecule has 7 heteroatoms. The summed E-state index contributed by atoms with van der Waals surface area (Å²) in [5.41, 5.74) is 0. The Morgan fingerprint density at radius 2 is 2.05 bits per heavy atom. The van der Waals surface area contributed by atoms with Gasteiger partial charge in [-0.15, -0.1) is 0 Å². The molecule has 0 unspecified atom stereocenters. The van der Waals surface area contributed by atoms with Crippen LogP contribution >= 0.6 is 0 Å². The maximum atomic E-state index is 12.1. The van der Waals surface area contributed by atoms with E-state index in [0.29, 0.717) is 6.54 Å². The Bertz CT molecular complexity index is 412. The van der Waals surface area contributed by atoms with Gasteiger partial charge in [-0.3, -0.25) is 4.79 Å². The van der Waals surface area contributed by atoms with Gasteiger partial charge in [0.1, 0.15) is 0 Å². The van der Waals surface area contributed by atoms with Crippen molar-refractivity contribution in [1.82, 2.24) is 4.31 Å². The molecule has 19 heavy (non-hydrogen) atoms. The highest BCUT2D eigenvalue weighted by Gasteiger charge is 2.22. The molecule has 6 nitrogen and oxygen atoms in total. The van der Waals surface area contributed by atoms with E-state index in [4.69, 9.17) is 5.26 Å². The quantitative estimate of drug-likeness (QED) is 0.594. The Morgan fingerprint density at radius 3 is 2.53 bits per heavy atom. The molecule has 0 amide bonds. The summed E-state index contributed by atoms with van der Waals surface area (Å²) in [7, 11) is -2.15. The highest BCUT2D eigenvalue weighted by Crippen LogP contribution is 2.09. The average molecular weight is 290 g/mol. The maximum Gasteiger partial charge on any atom is 0.305 e. The van der Waals surface area contributed by atoms with Crippen LogP contribution in [-0.2, 0) is 19.6 Å². The molecule has 0 aliphatic heterocycles. The number of nitriles is 1. The number of rotatable bonds is 9. The first kappa shape index (κ1) is 17.9. The second-order valence-electron chi connectivity index (χ2n) is 4.66. The van der Waals surface area contributed by atoms with E-state index in [1.54, 1.807) is 0 Å². The minimum atomic E-state index is -3.42. The molecule has 0 bridgehead atoms. The number of nitrogens with zero attached hydrogens (tertiary/aromatic N) is 2. The molecule has 0 fully saturated rings. The Morgan fingerprint density at radius 1 is 1.42 bits per heavy atom. The highest BCUT2D eigenvalue weighted by atomic mass is 32.2. The number of carbonyl (C=O) groups is 1. The van der Waals surface area contributed by atoms with Crippen molar-refractivity contribution in [2.24, 2.45) is 5.92 Å². The van der Waals surface area contributed by atoms with Crippen molar-refractivity contribution >= 4 is 16.0 Å². The van der Waals surface area contributed by atoms with E-state index in [1.807, 2.05) is 19.9 Å². The van der Waals surface area contributed by atoms with Crippen LogP contribution in [0, 0.1) is 17.2 Å². The molecule has 0 aliphatic carbocycles. The van der Waals surface area contributed by atoms with Crippen molar-refractivity contribution in [3.63, 3.8) is 0 Å². The summed E-state index contributed by atoms with van der Waals surface area (Å²) in [6, 6.07) is 1.95. The number of ether oxygens (including phenoxy) is 1. The van der Waals surface area contributed by atoms with E-state index < -0.39 is 16.0 Å². The van der Waals surface area contributed by atoms with Crippen LogP contribution in [0.5, 0.6) is 0 Å². The van der Waals surface area contributed by atoms with Gasteiger partial charge in [-0.25, -0.2) is 12.7 Å². The zero-order chi connectivity index (χ0) is 14.9. The fourth-order valence-corrected chi connectivity index (χ4v) is 3.22. The SMILES string of the molecule is COC(=O)CCCS(=O)(=O)N(CCC#N)CC(C)C. The molecule has 0 N–H and O–H groups in total. The van der Waals surface area contributed by atoms with E-state index in [-0.39, 0.29) is 37.5 Å². The lowest BCUT2D eigenvalue weighted by Gasteiger charge is -2.22. The number of esters is 1. The monoisotopic (exact) mass is 290 g/mol.